The van der Waals surface area contributed by atoms with Gasteiger partial charge in [-0.1, -0.05) is 39.2 Å². The van der Waals surface area contributed by atoms with E-state index in [0.29, 0.717) is 5.82 Å². The van der Waals surface area contributed by atoms with Gasteiger partial charge in [-0.05, 0) is 11.5 Å². The highest BCUT2D eigenvalue weighted by molar-refractivity contribution is 7.04. The Morgan fingerprint density at radius 2 is 2.15 bits per heavy atom. The van der Waals surface area contributed by atoms with Crippen LogP contribution >= 0.6 is 11.5 Å². The summed E-state index contributed by atoms with van der Waals surface area (Å²) in [5.41, 5.74) is 0.966. The van der Waals surface area contributed by atoms with Gasteiger partial charge >= 0.3 is 0 Å². The summed E-state index contributed by atoms with van der Waals surface area (Å²) in [6, 6.07) is 0. The van der Waals surface area contributed by atoms with Gasteiger partial charge < -0.3 is 0 Å². The van der Waals surface area contributed by atoms with E-state index in [4.69, 9.17) is 0 Å². The quantitative estimate of drug-likeness (QED) is 0.673. The van der Waals surface area contributed by atoms with Crippen LogP contribution in [-0.4, -0.2) is 10.6 Å². The largest absolute Gasteiger partial charge is 0.236 e. The summed E-state index contributed by atoms with van der Waals surface area (Å²) in [4.78, 5) is 4.04. The second-order valence-electron chi connectivity index (χ2n) is 1.81. The molecule has 1 heterocycles. The van der Waals surface area contributed by atoms with E-state index in [2.05, 4.69) is 22.5 Å². The first kappa shape index (κ1) is 11.8. The van der Waals surface area contributed by atoms with Crippen LogP contribution in [0.3, 0.4) is 0 Å². The maximum absolute atomic E-state index is 4.05. The first-order chi connectivity index (χ1) is 6.38. The second-order valence-corrected chi connectivity index (χ2v) is 2.44. The standard InChI is InChI=1S/C8H8N2S.C2H6/c1-3-5-9-8-7(4-2)6-11-10-8;1-2/h3-6H,1-2H2;1-2H3. The highest BCUT2D eigenvalue weighted by atomic mass is 32.1. The van der Waals surface area contributed by atoms with E-state index in [1.165, 1.54) is 11.5 Å². The Morgan fingerprint density at radius 1 is 1.46 bits per heavy atom. The maximum atomic E-state index is 4.05. The summed E-state index contributed by atoms with van der Waals surface area (Å²) in [6.45, 7) is 11.2. The molecular formula is C10H14N2S. The van der Waals surface area contributed by atoms with Gasteiger partial charge in [-0.2, -0.15) is 4.37 Å². The van der Waals surface area contributed by atoms with Crippen molar-refractivity contribution in [2.45, 2.75) is 13.8 Å². The predicted molar refractivity (Wildman–Crippen MR) is 61.9 cm³/mol. The third kappa shape index (κ3) is 3.80. The van der Waals surface area contributed by atoms with Crippen molar-refractivity contribution in [2.75, 3.05) is 0 Å². The van der Waals surface area contributed by atoms with Crippen LogP contribution in [0.5, 0.6) is 0 Å². The predicted octanol–water partition coefficient (Wildman–Crippen LogP) is 3.70. The summed E-state index contributed by atoms with van der Waals surface area (Å²) in [6.07, 6.45) is 4.97. The van der Waals surface area contributed by atoms with Crippen molar-refractivity contribution in [3.63, 3.8) is 0 Å². The molecule has 0 bridgehead atoms. The molecule has 0 aliphatic heterocycles. The van der Waals surface area contributed by atoms with Crippen molar-refractivity contribution in [2.24, 2.45) is 4.99 Å². The lowest BCUT2D eigenvalue weighted by Gasteiger charge is -1.84. The Kier molecular flexibility index (Phi) is 6.73. The molecule has 0 saturated heterocycles. The molecule has 0 N–H and O–H groups in total. The molecular weight excluding hydrogens is 180 g/mol. The van der Waals surface area contributed by atoms with Gasteiger partial charge in [-0.15, -0.1) is 0 Å². The lowest BCUT2D eigenvalue weighted by molar-refractivity contribution is 1.42. The van der Waals surface area contributed by atoms with Crippen LogP contribution in [0.4, 0.5) is 5.82 Å². The average molecular weight is 194 g/mol. The smallest absolute Gasteiger partial charge is 0.172 e. The molecule has 0 aliphatic carbocycles. The Morgan fingerprint density at radius 3 is 2.69 bits per heavy atom. The zero-order valence-electron chi connectivity index (χ0n) is 8.03. The van der Waals surface area contributed by atoms with Gasteiger partial charge in [0, 0.05) is 17.2 Å². The number of hydrogen-bond acceptors (Lipinski definition) is 3. The molecule has 2 nitrogen and oxygen atoms in total. The minimum Gasteiger partial charge on any atom is -0.236 e. The van der Waals surface area contributed by atoms with Crippen LogP contribution in [0.15, 0.2) is 29.6 Å². The molecule has 0 aromatic carbocycles. The lowest BCUT2D eigenvalue weighted by atomic mass is 10.3. The van der Waals surface area contributed by atoms with E-state index in [9.17, 15) is 0 Å². The molecule has 0 saturated carbocycles. The molecule has 0 amide bonds. The Hall–Kier alpha value is -1.22. The summed E-state index contributed by atoms with van der Waals surface area (Å²) in [5, 5.41) is 1.91. The summed E-state index contributed by atoms with van der Waals surface area (Å²) < 4.78 is 4.05. The minimum absolute atomic E-state index is 0.713. The van der Waals surface area contributed by atoms with E-state index in [0.717, 1.165) is 5.56 Å². The number of rotatable bonds is 3. The topological polar surface area (TPSA) is 25.2 Å². The second kappa shape index (κ2) is 7.43. The van der Waals surface area contributed by atoms with Crippen molar-refractivity contribution in [3.8, 4) is 0 Å². The maximum Gasteiger partial charge on any atom is 0.172 e. The molecule has 0 aliphatic rings. The van der Waals surface area contributed by atoms with Crippen LogP contribution in [0, 0.1) is 0 Å². The van der Waals surface area contributed by atoms with Crippen molar-refractivity contribution in [1.82, 2.24) is 4.37 Å². The van der Waals surface area contributed by atoms with Gasteiger partial charge in [0.25, 0.3) is 0 Å². The molecule has 0 fully saturated rings. The van der Waals surface area contributed by atoms with Gasteiger partial charge in [0.1, 0.15) is 0 Å². The summed E-state index contributed by atoms with van der Waals surface area (Å²) >= 11 is 1.37. The molecule has 0 radical (unpaired) electrons. The fraction of sp³-hybridized carbons (Fsp3) is 0.200. The fourth-order valence-electron chi connectivity index (χ4n) is 0.599. The first-order valence-corrected chi connectivity index (χ1v) is 4.94. The monoisotopic (exact) mass is 194 g/mol. The van der Waals surface area contributed by atoms with Gasteiger partial charge in [0.05, 0.1) is 0 Å². The van der Waals surface area contributed by atoms with Crippen LogP contribution in [-0.2, 0) is 0 Å². The zero-order chi connectivity index (χ0) is 10.1. The number of aromatic nitrogens is 1. The minimum atomic E-state index is 0.713. The Labute approximate surface area is 83.5 Å². The highest BCUT2D eigenvalue weighted by Crippen LogP contribution is 2.19. The van der Waals surface area contributed by atoms with Gasteiger partial charge in [0.15, 0.2) is 5.82 Å². The number of nitrogens with zero attached hydrogens (tertiary/aromatic N) is 2. The van der Waals surface area contributed by atoms with Gasteiger partial charge in [-0.25, -0.2) is 4.99 Å². The van der Waals surface area contributed by atoms with E-state index >= 15 is 0 Å². The zero-order valence-corrected chi connectivity index (χ0v) is 8.84. The molecule has 0 spiro atoms. The third-order valence-electron chi connectivity index (χ3n) is 1.10. The van der Waals surface area contributed by atoms with Crippen LogP contribution < -0.4 is 0 Å². The molecule has 0 unspecified atom stereocenters. The van der Waals surface area contributed by atoms with Crippen LogP contribution in [0.2, 0.25) is 0 Å². The van der Waals surface area contributed by atoms with Crippen molar-refractivity contribution in [1.29, 1.82) is 0 Å². The number of aliphatic imine (C=N–C) groups is 1. The SMILES string of the molecule is C=CC=Nc1nscc1C=C.CC. The molecule has 1 aromatic heterocycles. The van der Waals surface area contributed by atoms with Crippen LogP contribution in [0.1, 0.15) is 19.4 Å². The van der Waals surface area contributed by atoms with E-state index in [1.54, 1.807) is 18.4 Å². The van der Waals surface area contributed by atoms with Gasteiger partial charge in [-0.3, -0.25) is 0 Å². The van der Waals surface area contributed by atoms with Gasteiger partial charge in [0.2, 0.25) is 0 Å². The summed E-state index contributed by atoms with van der Waals surface area (Å²) in [7, 11) is 0. The normalized spacial score (nSPS) is 9.08. The van der Waals surface area contributed by atoms with E-state index in [1.807, 2.05) is 19.2 Å². The van der Waals surface area contributed by atoms with E-state index < -0.39 is 0 Å². The Bertz CT molecular complexity index is 287. The third-order valence-corrected chi connectivity index (χ3v) is 1.74. The van der Waals surface area contributed by atoms with Crippen LogP contribution in [0.25, 0.3) is 6.08 Å². The first-order valence-electron chi connectivity index (χ1n) is 4.10. The average Bonchev–Trinajstić information content (AvgIpc) is 2.65. The highest BCUT2D eigenvalue weighted by Gasteiger charge is 1.97. The molecule has 1 rings (SSSR count). The van der Waals surface area contributed by atoms with Crippen molar-refractivity contribution < 1.29 is 0 Å². The molecule has 13 heavy (non-hydrogen) atoms. The lowest BCUT2D eigenvalue weighted by Crippen LogP contribution is -1.67. The number of allylic oxidation sites excluding steroid dienone is 1. The summed E-state index contributed by atoms with van der Waals surface area (Å²) in [5.74, 6) is 0.713. The van der Waals surface area contributed by atoms with E-state index in [-0.39, 0.29) is 0 Å². The number of hydrogen-bond donors (Lipinski definition) is 0. The van der Waals surface area contributed by atoms with Crippen molar-refractivity contribution >= 4 is 29.6 Å². The molecule has 70 valence electrons. The Balaban J connectivity index is 0.000000671. The molecule has 3 heteroatoms. The molecule has 0 atom stereocenters. The fourth-order valence-corrected chi connectivity index (χ4v) is 1.22. The van der Waals surface area contributed by atoms with Crippen molar-refractivity contribution in [3.05, 3.63) is 30.2 Å². The molecule has 1 aromatic rings.